The van der Waals surface area contributed by atoms with Gasteiger partial charge in [0.15, 0.2) is 0 Å². The Hall–Kier alpha value is 0.200. The van der Waals surface area contributed by atoms with Crippen molar-refractivity contribution < 1.29 is 9.53 Å². The van der Waals surface area contributed by atoms with Crippen LogP contribution >= 0.6 is 22.6 Å². The van der Waals surface area contributed by atoms with Crippen molar-refractivity contribution >= 4 is 28.6 Å². The predicted octanol–water partition coefficient (Wildman–Crippen LogP) is 2.54. The summed E-state index contributed by atoms with van der Waals surface area (Å²) in [6.45, 7) is 1.52. The number of hydrogen-bond donors (Lipinski definition) is 0. The number of halogens is 1. The third-order valence-electron chi connectivity index (χ3n) is 3.37. The molecule has 0 spiro atoms. The average molecular weight is 294 g/mol. The van der Waals surface area contributed by atoms with Crippen LogP contribution in [0.25, 0.3) is 0 Å². The summed E-state index contributed by atoms with van der Waals surface area (Å²) in [7, 11) is 0. The lowest BCUT2D eigenvalue weighted by molar-refractivity contribution is -0.148. The molecule has 74 valence electrons. The highest BCUT2D eigenvalue weighted by molar-refractivity contribution is 14.1. The Morgan fingerprint density at radius 3 is 2.62 bits per heavy atom. The van der Waals surface area contributed by atoms with Crippen LogP contribution in [0, 0.1) is 11.8 Å². The number of carbonyl (C=O) groups excluding carboxylic acids is 1. The summed E-state index contributed by atoms with van der Waals surface area (Å²) < 4.78 is 6.15. The van der Waals surface area contributed by atoms with E-state index in [-0.39, 0.29) is 12.1 Å². The van der Waals surface area contributed by atoms with Gasteiger partial charge in [0.25, 0.3) is 0 Å². The molecular formula is C10H15IO2. The quantitative estimate of drug-likeness (QED) is 0.422. The van der Waals surface area contributed by atoms with Gasteiger partial charge in [0.2, 0.25) is 0 Å². The van der Waals surface area contributed by atoms with Gasteiger partial charge in [-0.1, -0.05) is 22.6 Å². The van der Waals surface area contributed by atoms with E-state index in [0.717, 1.165) is 16.3 Å². The van der Waals surface area contributed by atoms with Gasteiger partial charge < -0.3 is 4.74 Å². The minimum atomic E-state index is -0.109. The third-order valence-corrected chi connectivity index (χ3v) is 4.92. The van der Waals surface area contributed by atoms with Crippen molar-refractivity contribution in [3.05, 3.63) is 0 Å². The molecule has 0 aromatic carbocycles. The third kappa shape index (κ3) is 1.85. The van der Waals surface area contributed by atoms with E-state index in [2.05, 4.69) is 22.6 Å². The summed E-state index contributed by atoms with van der Waals surface area (Å²) in [5, 5.41) is 0. The van der Waals surface area contributed by atoms with Crippen molar-refractivity contribution in [1.82, 2.24) is 0 Å². The molecule has 0 aromatic heterocycles. The van der Waals surface area contributed by atoms with Crippen LogP contribution in [0.4, 0.5) is 0 Å². The van der Waals surface area contributed by atoms with E-state index >= 15 is 0 Å². The van der Waals surface area contributed by atoms with Crippen LogP contribution in [0.1, 0.15) is 32.6 Å². The zero-order chi connectivity index (χ0) is 9.42. The number of esters is 1. The lowest BCUT2D eigenvalue weighted by atomic mass is 9.99. The smallest absolute Gasteiger partial charge is 0.302 e. The fourth-order valence-corrected chi connectivity index (χ4v) is 4.09. The molecule has 3 heteroatoms. The number of carbonyl (C=O) groups is 1. The molecule has 0 aliphatic heterocycles. The maximum absolute atomic E-state index is 10.8. The summed E-state index contributed by atoms with van der Waals surface area (Å²) in [4.78, 5) is 10.8. The van der Waals surface area contributed by atoms with E-state index in [4.69, 9.17) is 4.74 Å². The highest BCUT2D eigenvalue weighted by atomic mass is 127. The maximum atomic E-state index is 10.8. The van der Waals surface area contributed by atoms with Crippen molar-refractivity contribution in [3.63, 3.8) is 0 Å². The van der Waals surface area contributed by atoms with Crippen LogP contribution in [0.2, 0.25) is 0 Å². The molecule has 0 saturated heterocycles. The van der Waals surface area contributed by atoms with Gasteiger partial charge >= 0.3 is 5.97 Å². The first-order valence-corrected chi connectivity index (χ1v) is 6.24. The highest BCUT2D eigenvalue weighted by Crippen LogP contribution is 2.48. The first-order chi connectivity index (χ1) is 6.18. The molecule has 0 aromatic rings. The second kappa shape index (κ2) is 3.75. The topological polar surface area (TPSA) is 26.3 Å². The van der Waals surface area contributed by atoms with Crippen molar-refractivity contribution in [3.8, 4) is 0 Å². The summed E-state index contributed by atoms with van der Waals surface area (Å²) in [6.07, 6.45) is 5.16. The summed E-state index contributed by atoms with van der Waals surface area (Å²) in [6, 6.07) is 0. The van der Waals surface area contributed by atoms with Gasteiger partial charge in [-0.05, 0) is 37.5 Å². The number of fused-ring (bicyclic) bond motifs is 1. The van der Waals surface area contributed by atoms with Gasteiger partial charge in [0.05, 0.1) is 0 Å². The van der Waals surface area contributed by atoms with Crippen molar-refractivity contribution in [1.29, 1.82) is 0 Å². The molecular weight excluding hydrogens is 279 g/mol. The van der Waals surface area contributed by atoms with Crippen LogP contribution in [0.5, 0.6) is 0 Å². The largest absolute Gasteiger partial charge is 0.462 e. The van der Waals surface area contributed by atoms with Gasteiger partial charge in [-0.2, -0.15) is 0 Å². The molecule has 2 unspecified atom stereocenters. The highest BCUT2D eigenvalue weighted by Gasteiger charge is 2.45. The molecule has 0 heterocycles. The SMILES string of the molecule is CC(=O)OC1CC[C@@H]2C(I)CC[C@H]12. The fraction of sp³-hybridized carbons (Fsp3) is 0.900. The zero-order valence-corrected chi connectivity index (χ0v) is 9.99. The molecule has 0 radical (unpaired) electrons. The molecule has 2 nitrogen and oxygen atoms in total. The molecule has 4 atom stereocenters. The van der Waals surface area contributed by atoms with Crippen molar-refractivity contribution in [2.45, 2.75) is 42.6 Å². The second-order valence-corrected chi connectivity index (χ2v) is 5.75. The first-order valence-electron chi connectivity index (χ1n) is 5.00. The molecule has 0 amide bonds. The van der Waals surface area contributed by atoms with Crippen LogP contribution in [0.15, 0.2) is 0 Å². The summed E-state index contributed by atoms with van der Waals surface area (Å²) in [5.41, 5.74) is 0. The van der Waals surface area contributed by atoms with Gasteiger partial charge in [-0.15, -0.1) is 0 Å². The Bertz CT molecular complexity index is 217. The number of hydrogen-bond acceptors (Lipinski definition) is 2. The Morgan fingerprint density at radius 1 is 1.23 bits per heavy atom. The average Bonchev–Trinajstić information content (AvgIpc) is 2.56. The van der Waals surface area contributed by atoms with Crippen LogP contribution < -0.4 is 0 Å². The van der Waals surface area contributed by atoms with E-state index in [1.54, 1.807) is 0 Å². The summed E-state index contributed by atoms with van der Waals surface area (Å²) >= 11 is 2.55. The second-order valence-electron chi connectivity index (χ2n) is 4.15. The molecule has 13 heavy (non-hydrogen) atoms. The lowest BCUT2D eigenvalue weighted by Crippen LogP contribution is -2.22. The van der Waals surface area contributed by atoms with E-state index in [1.807, 2.05) is 0 Å². The summed E-state index contributed by atoms with van der Waals surface area (Å²) in [5.74, 6) is 1.39. The van der Waals surface area contributed by atoms with Gasteiger partial charge in [0.1, 0.15) is 6.10 Å². The fourth-order valence-electron chi connectivity index (χ4n) is 2.83. The van der Waals surface area contributed by atoms with Crippen LogP contribution in [-0.4, -0.2) is 16.0 Å². The number of rotatable bonds is 1. The van der Waals surface area contributed by atoms with Crippen molar-refractivity contribution in [2.24, 2.45) is 11.8 Å². The Kier molecular flexibility index (Phi) is 2.81. The first kappa shape index (κ1) is 9.74. The Labute approximate surface area is 92.5 Å². The monoisotopic (exact) mass is 294 g/mol. The van der Waals surface area contributed by atoms with E-state index < -0.39 is 0 Å². The molecule has 0 bridgehead atoms. The molecule has 2 aliphatic carbocycles. The van der Waals surface area contributed by atoms with E-state index in [1.165, 1.54) is 26.2 Å². The molecule has 2 saturated carbocycles. The predicted molar refractivity (Wildman–Crippen MR) is 58.8 cm³/mol. The molecule has 2 aliphatic rings. The number of ether oxygens (including phenoxy) is 1. The van der Waals surface area contributed by atoms with E-state index in [0.29, 0.717) is 5.92 Å². The van der Waals surface area contributed by atoms with Gasteiger partial charge in [-0.3, -0.25) is 4.79 Å². The van der Waals surface area contributed by atoms with E-state index in [9.17, 15) is 4.79 Å². The van der Waals surface area contributed by atoms with Crippen molar-refractivity contribution in [2.75, 3.05) is 0 Å². The standard InChI is InChI=1S/C10H15IO2/c1-6(12)13-10-5-3-7-8(10)2-4-9(7)11/h7-10H,2-5H2,1H3/t7-,8-,9?,10?/m0/s1. The molecule has 0 N–H and O–H groups in total. The lowest BCUT2D eigenvalue weighted by Gasteiger charge is -2.18. The Balaban J connectivity index is 1.98. The van der Waals surface area contributed by atoms with Gasteiger partial charge in [-0.25, -0.2) is 0 Å². The molecule has 2 rings (SSSR count). The zero-order valence-electron chi connectivity index (χ0n) is 7.83. The van der Waals surface area contributed by atoms with Gasteiger partial charge in [0, 0.05) is 10.8 Å². The molecule has 2 fully saturated rings. The van der Waals surface area contributed by atoms with Crippen LogP contribution in [0.3, 0.4) is 0 Å². The minimum Gasteiger partial charge on any atom is -0.462 e. The van der Waals surface area contributed by atoms with Crippen LogP contribution in [-0.2, 0) is 9.53 Å². The number of alkyl halides is 1. The Morgan fingerprint density at radius 2 is 1.92 bits per heavy atom. The normalized spacial score (nSPS) is 43.2. The minimum absolute atomic E-state index is 0.109. The maximum Gasteiger partial charge on any atom is 0.302 e.